The summed E-state index contributed by atoms with van der Waals surface area (Å²) in [5.74, 6) is -1.56. The van der Waals surface area contributed by atoms with E-state index in [0.717, 1.165) is 49.2 Å². The summed E-state index contributed by atoms with van der Waals surface area (Å²) in [5, 5.41) is 17.2. The Labute approximate surface area is 350 Å². The van der Waals surface area contributed by atoms with Crippen LogP contribution in [0.1, 0.15) is 138 Å². The molecule has 7 rings (SSSR count). The molecule has 0 radical (unpaired) electrons. The Morgan fingerprint density at radius 2 is 1.78 bits per heavy atom. The number of unbranched alkanes of at least 4 members (excludes halogenated alkanes) is 1. The predicted molar refractivity (Wildman–Crippen MR) is 227 cm³/mol. The summed E-state index contributed by atoms with van der Waals surface area (Å²) in [6.45, 7) is 25.2. The number of hydrogen-bond donors (Lipinski definition) is 1. The number of rotatable bonds is 10. The lowest BCUT2D eigenvalue weighted by atomic mass is 9.58. The molecule has 3 heterocycles. The van der Waals surface area contributed by atoms with Crippen molar-refractivity contribution < 1.29 is 42.6 Å². The maximum Gasteiger partial charge on any atom is 0.514 e. The van der Waals surface area contributed by atoms with Crippen LogP contribution in [0.4, 0.5) is 10.5 Å². The first-order valence-corrected chi connectivity index (χ1v) is 24.6. The average molecular weight is 835 g/mol. The molecule has 0 amide bonds. The first-order chi connectivity index (χ1) is 27.6. The van der Waals surface area contributed by atoms with Gasteiger partial charge in [-0.2, -0.15) is 0 Å². The second-order valence-corrected chi connectivity index (χ2v) is 24.7. The third-order valence-corrected chi connectivity index (χ3v) is 18.5. The van der Waals surface area contributed by atoms with E-state index >= 15 is 9.59 Å². The van der Waals surface area contributed by atoms with Crippen LogP contribution in [0.3, 0.4) is 0 Å². The fourth-order valence-corrected chi connectivity index (χ4v) is 11.8. The van der Waals surface area contributed by atoms with Crippen molar-refractivity contribution in [3.63, 3.8) is 0 Å². The number of fused-ring (bicyclic) bond motifs is 8. The molecule has 324 valence electrons. The summed E-state index contributed by atoms with van der Waals surface area (Å²) in [7, 11) is 1.27. The molecule has 0 spiro atoms. The molecule has 2 unspecified atom stereocenters. The van der Waals surface area contributed by atoms with E-state index in [9.17, 15) is 9.90 Å². The Morgan fingerprint density at radius 3 is 2.41 bits per heavy atom. The van der Waals surface area contributed by atoms with E-state index in [1.807, 2.05) is 6.07 Å². The highest BCUT2D eigenvalue weighted by Crippen LogP contribution is 2.61. The number of ketones is 2. The maximum atomic E-state index is 15.7. The van der Waals surface area contributed by atoms with Gasteiger partial charge in [-0.15, -0.1) is 0 Å². The van der Waals surface area contributed by atoms with Gasteiger partial charge in [-0.25, -0.2) is 4.79 Å². The highest BCUT2D eigenvalue weighted by atomic mass is 28.4. The number of aromatic nitrogens is 1. The molecule has 59 heavy (non-hydrogen) atoms. The molecule has 1 N–H and O–H groups in total. The molecular weight excluding hydrogens is 769 g/mol. The standard InChI is InChI=1S/C45H66N4O9Si/c1-14-17-20-54-41-33-38(57-46-41)36(49(15-2)16-3)29-22-26-21-27-32(37(50)31(26)39(51)45(29,40(33)52)58-59(12,13)44(7,8)9)30(55-42(53)56-43(4,5)6)23-28-34-25(18-19-47(34)10)24-48(11)35(27)28/h23,25-26,29,34,36,51H,14-22,24H2,1-13H3/t25?,26-,29-,34?,36-,45-/m0/s1. The highest BCUT2D eigenvalue weighted by Gasteiger charge is 2.67. The topological polar surface area (TPSA) is 144 Å². The van der Waals surface area contributed by atoms with Crippen LogP contribution in [0.25, 0.3) is 0 Å². The number of carbonyl (C=O) groups excluding carboxylic acids is 3. The maximum absolute atomic E-state index is 15.7. The Hall–Kier alpha value is -3.72. The second kappa shape index (κ2) is 15.3. The van der Waals surface area contributed by atoms with E-state index in [-0.39, 0.29) is 45.2 Å². The van der Waals surface area contributed by atoms with Crippen LogP contribution in [-0.4, -0.2) is 104 Å². The van der Waals surface area contributed by atoms with Gasteiger partial charge in [-0.1, -0.05) is 48.0 Å². The number of ether oxygens (including phenoxy) is 3. The SMILES string of the molecule is CCCCOc1noc2c1C(=O)[C@@]1(O[Si](C)(C)C(C)(C)C)C(O)=C3C(=O)c4c(OC(=O)OC(C)(C)C)cc5c(c4C[C@H]3C[C@H]1[C@@H]2N(CC)CC)N(C)CC1CCN(C)C51. The van der Waals surface area contributed by atoms with Crippen LogP contribution in [0.15, 0.2) is 21.9 Å². The quantitative estimate of drug-likeness (QED) is 0.105. The fraction of sp³-hybridized carbons (Fsp3) is 0.689. The number of nitrogens with zero attached hydrogens (tertiary/aromatic N) is 4. The Bertz CT molecular complexity index is 2040. The van der Waals surface area contributed by atoms with Gasteiger partial charge in [-0.3, -0.25) is 19.4 Å². The Morgan fingerprint density at radius 1 is 1.08 bits per heavy atom. The minimum Gasteiger partial charge on any atom is -0.508 e. The molecule has 6 atom stereocenters. The third-order valence-electron chi connectivity index (χ3n) is 14.0. The van der Waals surface area contributed by atoms with Gasteiger partial charge in [0, 0.05) is 36.8 Å². The van der Waals surface area contributed by atoms with E-state index in [2.05, 4.69) is 88.6 Å². The summed E-state index contributed by atoms with van der Waals surface area (Å²) in [4.78, 5) is 51.6. The Kier molecular flexibility index (Phi) is 11.3. The molecule has 2 aliphatic heterocycles. The van der Waals surface area contributed by atoms with Crippen molar-refractivity contribution in [2.45, 2.75) is 136 Å². The zero-order valence-corrected chi connectivity index (χ0v) is 38.5. The molecule has 1 saturated heterocycles. The third kappa shape index (κ3) is 7.03. The van der Waals surface area contributed by atoms with Gasteiger partial charge in [0.15, 0.2) is 25.5 Å². The van der Waals surface area contributed by atoms with E-state index in [1.54, 1.807) is 20.8 Å². The number of anilines is 1. The van der Waals surface area contributed by atoms with E-state index in [1.165, 1.54) is 0 Å². The smallest absolute Gasteiger partial charge is 0.508 e. The largest absolute Gasteiger partial charge is 0.514 e. The average Bonchev–Trinajstić information content (AvgIpc) is 3.72. The van der Waals surface area contributed by atoms with E-state index in [4.69, 9.17) is 23.2 Å². The lowest BCUT2D eigenvalue weighted by Gasteiger charge is -2.55. The van der Waals surface area contributed by atoms with Crippen LogP contribution in [0, 0.1) is 17.8 Å². The van der Waals surface area contributed by atoms with Gasteiger partial charge in [0.1, 0.15) is 22.7 Å². The lowest BCUT2D eigenvalue weighted by Crippen LogP contribution is -2.65. The van der Waals surface area contributed by atoms with Crippen LogP contribution in [0.2, 0.25) is 18.1 Å². The number of aliphatic hydroxyl groups excluding tert-OH is 1. The second-order valence-electron chi connectivity index (χ2n) is 19.9. The Balaban J connectivity index is 1.49. The van der Waals surface area contributed by atoms with E-state index in [0.29, 0.717) is 44.2 Å². The van der Waals surface area contributed by atoms with Crippen molar-refractivity contribution in [2.24, 2.45) is 17.8 Å². The normalized spacial score (nSPS) is 26.9. The number of allylic oxidation sites excluding steroid dienone is 1. The summed E-state index contributed by atoms with van der Waals surface area (Å²) >= 11 is 0. The van der Waals surface area contributed by atoms with Gasteiger partial charge >= 0.3 is 6.16 Å². The summed E-state index contributed by atoms with van der Waals surface area (Å²) < 4.78 is 31.4. The summed E-state index contributed by atoms with van der Waals surface area (Å²) in [6, 6.07) is 1.39. The van der Waals surface area contributed by atoms with Crippen molar-refractivity contribution >= 4 is 31.7 Å². The number of carbonyl (C=O) groups is 3. The van der Waals surface area contributed by atoms with Gasteiger partial charge in [0.25, 0.3) is 5.88 Å². The number of Topliss-reactive ketones (excluding diaryl/α,β-unsaturated/α-hetero) is 2. The van der Waals surface area contributed by atoms with Crippen LogP contribution >= 0.6 is 0 Å². The molecule has 0 saturated carbocycles. The summed E-state index contributed by atoms with van der Waals surface area (Å²) in [6.07, 6.45) is 2.46. The molecule has 13 nitrogen and oxygen atoms in total. The molecule has 0 bridgehead atoms. The lowest BCUT2D eigenvalue weighted by molar-refractivity contribution is -0.0545. The first kappa shape index (κ1) is 43.4. The van der Waals surface area contributed by atoms with Gasteiger partial charge in [-0.05, 0) is 125 Å². The fourth-order valence-electron chi connectivity index (χ4n) is 10.3. The van der Waals surface area contributed by atoms with E-state index < -0.39 is 55.1 Å². The van der Waals surface area contributed by atoms with Crippen molar-refractivity contribution in [1.29, 1.82) is 0 Å². The minimum absolute atomic E-state index is 0.0744. The molecule has 1 aromatic carbocycles. The summed E-state index contributed by atoms with van der Waals surface area (Å²) in [5.41, 5.74) is 0.433. The van der Waals surface area contributed by atoms with Gasteiger partial charge in [0.2, 0.25) is 5.78 Å². The first-order valence-electron chi connectivity index (χ1n) is 21.7. The van der Waals surface area contributed by atoms with Crippen molar-refractivity contribution in [3.8, 4) is 11.6 Å². The predicted octanol–water partition coefficient (Wildman–Crippen LogP) is 8.84. The molecule has 14 heteroatoms. The molecule has 1 aromatic heterocycles. The van der Waals surface area contributed by atoms with Crippen molar-refractivity contribution in [2.75, 3.05) is 51.8 Å². The number of likely N-dealkylation sites (tertiary alicyclic amines) is 1. The van der Waals surface area contributed by atoms with Gasteiger partial charge < -0.3 is 33.2 Å². The zero-order valence-electron chi connectivity index (χ0n) is 37.5. The van der Waals surface area contributed by atoms with Crippen LogP contribution in [-0.2, 0) is 15.6 Å². The number of hydrogen-bond acceptors (Lipinski definition) is 13. The number of benzene rings is 1. The number of aliphatic hydroxyl groups is 1. The molecular formula is C45H66N4O9Si. The zero-order chi connectivity index (χ0) is 43.1. The molecule has 5 aliphatic rings. The molecule has 1 fully saturated rings. The highest BCUT2D eigenvalue weighted by molar-refractivity contribution is 6.74. The van der Waals surface area contributed by atoms with Crippen molar-refractivity contribution in [3.05, 3.63) is 45.4 Å². The van der Waals surface area contributed by atoms with Crippen LogP contribution < -0.4 is 14.4 Å². The van der Waals surface area contributed by atoms with Crippen molar-refractivity contribution in [1.82, 2.24) is 15.0 Å². The molecule has 3 aliphatic carbocycles. The molecule has 2 aromatic rings. The van der Waals surface area contributed by atoms with Gasteiger partial charge in [0.05, 0.1) is 18.2 Å². The monoisotopic (exact) mass is 834 g/mol. The van der Waals surface area contributed by atoms with Crippen LogP contribution in [0.5, 0.6) is 11.6 Å². The minimum atomic E-state index is -2.92.